The summed E-state index contributed by atoms with van der Waals surface area (Å²) in [6, 6.07) is 10.9. The van der Waals surface area contributed by atoms with Gasteiger partial charge in [-0.1, -0.05) is 44.6 Å². The molecule has 1 heteroatoms. The summed E-state index contributed by atoms with van der Waals surface area (Å²) in [6.07, 6.45) is 8.16. The van der Waals surface area contributed by atoms with E-state index in [2.05, 4.69) is 61.3 Å². The number of aryl methyl sites for hydroxylation is 1. The highest BCUT2D eigenvalue weighted by Gasteiger charge is 2.08. The van der Waals surface area contributed by atoms with Crippen molar-refractivity contribution in [3.8, 4) is 0 Å². The van der Waals surface area contributed by atoms with Crippen LogP contribution < -0.4 is 0 Å². The lowest BCUT2D eigenvalue weighted by atomic mass is 9.92. The number of benzene rings is 1. The maximum absolute atomic E-state index is 4.57. The van der Waals surface area contributed by atoms with E-state index in [-0.39, 0.29) is 0 Å². The van der Waals surface area contributed by atoms with Crippen LogP contribution >= 0.6 is 0 Å². The van der Waals surface area contributed by atoms with Crippen LogP contribution in [0.2, 0.25) is 0 Å². The van der Waals surface area contributed by atoms with Gasteiger partial charge >= 0.3 is 0 Å². The molecule has 1 atom stereocenters. The van der Waals surface area contributed by atoms with Crippen molar-refractivity contribution in [1.29, 1.82) is 0 Å². The van der Waals surface area contributed by atoms with Crippen molar-refractivity contribution in [2.45, 2.75) is 46.0 Å². The van der Waals surface area contributed by atoms with Crippen molar-refractivity contribution in [2.75, 3.05) is 0 Å². The van der Waals surface area contributed by atoms with E-state index in [0.29, 0.717) is 5.92 Å². The van der Waals surface area contributed by atoms with Gasteiger partial charge in [-0.05, 0) is 43.5 Å². The number of hydrogen-bond acceptors (Lipinski definition) is 1. The zero-order valence-corrected chi connectivity index (χ0v) is 12.2. The van der Waals surface area contributed by atoms with Crippen molar-refractivity contribution < 1.29 is 0 Å². The topological polar surface area (TPSA) is 12.9 Å². The van der Waals surface area contributed by atoms with Crippen LogP contribution in [0.25, 0.3) is 10.9 Å². The maximum Gasteiger partial charge on any atom is 0.0705 e. The summed E-state index contributed by atoms with van der Waals surface area (Å²) < 4.78 is 0. The third-order valence-corrected chi connectivity index (χ3v) is 3.48. The minimum Gasteiger partial charge on any atom is -0.253 e. The van der Waals surface area contributed by atoms with Gasteiger partial charge in [0.2, 0.25) is 0 Å². The Labute approximate surface area is 116 Å². The van der Waals surface area contributed by atoms with Gasteiger partial charge in [0.15, 0.2) is 0 Å². The fourth-order valence-corrected chi connectivity index (χ4v) is 2.46. The fraction of sp³-hybridized carbons (Fsp3) is 0.389. The second-order valence-electron chi connectivity index (χ2n) is 5.14. The molecule has 0 aliphatic carbocycles. The van der Waals surface area contributed by atoms with Gasteiger partial charge in [-0.2, -0.15) is 0 Å². The molecule has 0 radical (unpaired) electrons. The third-order valence-electron chi connectivity index (χ3n) is 3.48. The predicted molar refractivity (Wildman–Crippen MR) is 83.6 cm³/mol. The van der Waals surface area contributed by atoms with Crippen molar-refractivity contribution in [1.82, 2.24) is 4.98 Å². The first-order valence-electron chi connectivity index (χ1n) is 7.28. The molecule has 0 saturated carbocycles. The molecular formula is C18H23N. The van der Waals surface area contributed by atoms with E-state index < -0.39 is 0 Å². The summed E-state index contributed by atoms with van der Waals surface area (Å²) in [7, 11) is 0. The number of fused-ring (bicyclic) bond motifs is 1. The molecule has 0 amide bonds. The smallest absolute Gasteiger partial charge is 0.0705 e. The molecule has 1 nitrogen and oxygen atoms in total. The van der Waals surface area contributed by atoms with Gasteiger partial charge in [0, 0.05) is 17.0 Å². The monoisotopic (exact) mass is 253 g/mol. The molecular weight excluding hydrogens is 230 g/mol. The second-order valence-corrected chi connectivity index (χ2v) is 5.14. The number of hydrogen-bond donors (Lipinski definition) is 0. The van der Waals surface area contributed by atoms with E-state index in [9.17, 15) is 0 Å². The summed E-state index contributed by atoms with van der Waals surface area (Å²) in [5.74, 6) is 0.538. The standard InChI is InChI=1S/C18H23N/c1-4-6-8-15(7-5-2)16-11-12-18-17(13-16)10-9-14(3)19-18/h6,8-13,15H,4-5,7H2,1-3H3/b8-6+. The molecule has 0 spiro atoms. The molecule has 1 aromatic heterocycles. The highest BCUT2D eigenvalue weighted by molar-refractivity contribution is 5.79. The lowest BCUT2D eigenvalue weighted by molar-refractivity contribution is 0.716. The Hall–Kier alpha value is -1.63. The van der Waals surface area contributed by atoms with E-state index in [1.165, 1.54) is 23.8 Å². The summed E-state index contributed by atoms with van der Waals surface area (Å²) in [5, 5.41) is 1.24. The molecule has 0 aliphatic rings. The molecule has 0 bridgehead atoms. The fourth-order valence-electron chi connectivity index (χ4n) is 2.46. The van der Waals surface area contributed by atoms with Gasteiger partial charge in [-0.3, -0.25) is 4.98 Å². The van der Waals surface area contributed by atoms with E-state index in [1.54, 1.807) is 0 Å². The molecule has 19 heavy (non-hydrogen) atoms. The van der Waals surface area contributed by atoms with Gasteiger partial charge in [-0.25, -0.2) is 0 Å². The van der Waals surface area contributed by atoms with E-state index in [4.69, 9.17) is 0 Å². The van der Waals surface area contributed by atoms with Gasteiger partial charge in [-0.15, -0.1) is 0 Å². The van der Waals surface area contributed by atoms with Crippen LogP contribution in [0.15, 0.2) is 42.5 Å². The van der Waals surface area contributed by atoms with Crippen LogP contribution in [0.5, 0.6) is 0 Å². The average molecular weight is 253 g/mol. The van der Waals surface area contributed by atoms with Crippen molar-refractivity contribution in [3.63, 3.8) is 0 Å². The number of aromatic nitrogens is 1. The molecule has 100 valence electrons. The normalized spacial score (nSPS) is 13.2. The van der Waals surface area contributed by atoms with Crippen LogP contribution in [0.3, 0.4) is 0 Å². The van der Waals surface area contributed by atoms with Crippen molar-refractivity contribution in [3.05, 3.63) is 53.7 Å². The lowest BCUT2D eigenvalue weighted by Crippen LogP contribution is -1.95. The van der Waals surface area contributed by atoms with Crippen molar-refractivity contribution in [2.24, 2.45) is 0 Å². The number of allylic oxidation sites excluding steroid dienone is 2. The highest BCUT2D eigenvalue weighted by atomic mass is 14.7. The molecule has 1 heterocycles. The molecule has 2 aromatic rings. The minimum absolute atomic E-state index is 0.538. The molecule has 1 unspecified atom stereocenters. The maximum atomic E-state index is 4.57. The van der Waals surface area contributed by atoms with Gasteiger partial charge in [0.05, 0.1) is 5.52 Å². The summed E-state index contributed by atoms with van der Waals surface area (Å²) in [6.45, 7) is 6.47. The predicted octanol–water partition coefficient (Wildman–Crippen LogP) is 5.39. The first kappa shape index (κ1) is 13.8. The van der Waals surface area contributed by atoms with E-state index in [0.717, 1.165) is 17.6 Å². The van der Waals surface area contributed by atoms with E-state index in [1.807, 2.05) is 6.92 Å². The molecule has 2 rings (SSSR count). The highest BCUT2D eigenvalue weighted by Crippen LogP contribution is 2.26. The van der Waals surface area contributed by atoms with E-state index >= 15 is 0 Å². The lowest BCUT2D eigenvalue weighted by Gasteiger charge is -2.13. The van der Waals surface area contributed by atoms with Crippen LogP contribution in [0, 0.1) is 6.92 Å². The van der Waals surface area contributed by atoms with Gasteiger partial charge in [0.1, 0.15) is 0 Å². The molecule has 0 saturated heterocycles. The average Bonchev–Trinajstić information content (AvgIpc) is 2.43. The number of nitrogens with zero attached hydrogens (tertiary/aromatic N) is 1. The van der Waals surface area contributed by atoms with Gasteiger partial charge in [0.25, 0.3) is 0 Å². The number of pyridine rings is 1. The second kappa shape index (κ2) is 6.51. The van der Waals surface area contributed by atoms with Crippen molar-refractivity contribution >= 4 is 10.9 Å². The molecule has 1 aromatic carbocycles. The third kappa shape index (κ3) is 3.44. The summed E-state index contributed by atoms with van der Waals surface area (Å²) in [4.78, 5) is 4.57. The Morgan fingerprint density at radius 3 is 2.74 bits per heavy atom. The number of rotatable bonds is 5. The minimum atomic E-state index is 0.538. The largest absolute Gasteiger partial charge is 0.253 e. The Morgan fingerprint density at radius 2 is 2.00 bits per heavy atom. The quantitative estimate of drug-likeness (QED) is 0.651. The first-order chi connectivity index (χ1) is 9.24. The SMILES string of the molecule is CC/C=C/C(CCC)c1ccc2nc(C)ccc2c1. The molecule has 0 fully saturated rings. The van der Waals surface area contributed by atoms with Crippen LogP contribution in [0.1, 0.15) is 50.3 Å². The Balaban J connectivity index is 2.37. The Kier molecular flexibility index (Phi) is 4.73. The van der Waals surface area contributed by atoms with Crippen LogP contribution in [-0.4, -0.2) is 4.98 Å². The zero-order valence-electron chi connectivity index (χ0n) is 12.2. The van der Waals surface area contributed by atoms with Gasteiger partial charge < -0.3 is 0 Å². The zero-order chi connectivity index (χ0) is 13.7. The molecule has 0 N–H and O–H groups in total. The first-order valence-corrected chi connectivity index (χ1v) is 7.28. The molecule has 0 aliphatic heterocycles. The Morgan fingerprint density at radius 1 is 1.16 bits per heavy atom. The van der Waals surface area contributed by atoms with Crippen LogP contribution in [0.4, 0.5) is 0 Å². The summed E-state index contributed by atoms with van der Waals surface area (Å²) in [5.41, 5.74) is 3.58. The summed E-state index contributed by atoms with van der Waals surface area (Å²) >= 11 is 0. The Bertz CT molecular complexity index is 569. The van der Waals surface area contributed by atoms with Crippen LogP contribution in [-0.2, 0) is 0 Å².